The molecule has 0 rings (SSSR count). The van der Waals surface area contributed by atoms with E-state index in [4.69, 9.17) is 0 Å². The summed E-state index contributed by atoms with van der Waals surface area (Å²) >= 11 is 2.82. The molecule has 0 aromatic heterocycles. The van der Waals surface area contributed by atoms with Crippen molar-refractivity contribution in [1.29, 1.82) is 0 Å². The molecule has 0 radical (unpaired) electrons. The third-order valence-electron chi connectivity index (χ3n) is 0.701. The molecule has 0 spiro atoms. The van der Waals surface area contributed by atoms with Crippen LogP contribution < -0.4 is 4.72 Å². The van der Waals surface area contributed by atoms with Crippen LogP contribution in [0.5, 0.6) is 0 Å². The first-order valence-corrected chi connectivity index (χ1v) is 5.32. The van der Waals surface area contributed by atoms with Crippen molar-refractivity contribution in [2.75, 3.05) is 11.2 Å². The van der Waals surface area contributed by atoms with Gasteiger partial charge in [-0.1, -0.05) is 21.9 Å². The van der Waals surface area contributed by atoms with Gasteiger partial charge in [0.2, 0.25) is 10.0 Å². The van der Waals surface area contributed by atoms with Gasteiger partial charge in [-0.3, -0.25) is 0 Å². The second kappa shape index (κ2) is 4.72. The van der Waals surface area contributed by atoms with Crippen molar-refractivity contribution in [3.8, 4) is 11.8 Å². The van der Waals surface area contributed by atoms with Crippen molar-refractivity contribution >= 4 is 26.0 Å². The highest BCUT2D eigenvalue weighted by molar-refractivity contribution is 9.10. The molecule has 0 saturated carbocycles. The summed E-state index contributed by atoms with van der Waals surface area (Å²) in [6.45, 7) is 1.84. The summed E-state index contributed by atoms with van der Waals surface area (Å²) in [7, 11) is -3.13. The first kappa shape index (κ1) is 9.95. The molecule has 0 atom stereocenters. The molecule has 0 unspecified atom stereocenters. The maximum absolute atomic E-state index is 10.6. The van der Waals surface area contributed by atoms with Gasteiger partial charge < -0.3 is 0 Å². The molecule has 0 aliphatic heterocycles. The van der Waals surface area contributed by atoms with E-state index in [9.17, 15) is 8.42 Å². The normalized spacial score (nSPS) is 10.2. The molecule has 0 aliphatic carbocycles. The maximum Gasteiger partial charge on any atom is 0.222 e. The largest absolute Gasteiger partial charge is 0.222 e. The van der Waals surface area contributed by atoms with Gasteiger partial charge in [0.25, 0.3) is 0 Å². The number of halogens is 1. The summed E-state index contributed by atoms with van der Waals surface area (Å²) in [6, 6.07) is 0. The van der Waals surface area contributed by atoms with Crippen molar-refractivity contribution in [2.45, 2.75) is 6.92 Å². The number of nitrogens with one attached hydrogen (secondary N) is 1. The zero-order chi connectivity index (χ0) is 8.04. The Morgan fingerprint density at radius 2 is 2.20 bits per heavy atom. The summed E-state index contributed by atoms with van der Waals surface area (Å²) in [5.41, 5.74) is 0. The van der Waals surface area contributed by atoms with Gasteiger partial charge in [0.15, 0.2) is 0 Å². The summed E-state index contributed by atoms with van der Waals surface area (Å²) in [6.07, 6.45) is 0. The summed E-state index contributed by atoms with van der Waals surface area (Å²) in [5.74, 6) is 5.15. The van der Waals surface area contributed by atoms with Crippen LogP contribution in [0.4, 0.5) is 0 Å². The first-order valence-electron chi connectivity index (χ1n) is 2.55. The van der Waals surface area contributed by atoms with E-state index in [1.54, 1.807) is 6.92 Å². The molecule has 58 valence electrons. The van der Waals surface area contributed by atoms with Gasteiger partial charge in [-0.2, -0.15) is 0 Å². The van der Waals surface area contributed by atoms with Crippen LogP contribution in [0.2, 0.25) is 0 Å². The Morgan fingerprint density at radius 3 is 2.60 bits per heavy atom. The van der Waals surface area contributed by atoms with Crippen LogP contribution in [0.25, 0.3) is 0 Å². The lowest BCUT2D eigenvalue weighted by atomic mass is 10.6. The first-order chi connectivity index (χ1) is 4.62. The number of alkyl halides is 1. The average Bonchev–Trinajstić information content (AvgIpc) is 1.89. The monoisotopic (exact) mass is 225 g/mol. The van der Waals surface area contributed by atoms with E-state index in [0.717, 1.165) is 0 Å². The molecule has 0 saturated heterocycles. The summed E-state index contributed by atoms with van der Waals surface area (Å²) < 4.78 is 23.5. The molecule has 0 aromatic rings. The van der Waals surface area contributed by atoms with Gasteiger partial charge in [-0.15, -0.1) is 5.92 Å². The minimum absolute atomic E-state index is 0.0780. The van der Waals surface area contributed by atoms with E-state index in [1.807, 2.05) is 0 Å². The van der Waals surface area contributed by atoms with Gasteiger partial charge >= 0.3 is 0 Å². The van der Waals surface area contributed by atoms with Gasteiger partial charge in [0.1, 0.15) is 4.66 Å². The molecule has 0 aromatic carbocycles. The van der Waals surface area contributed by atoms with Crippen LogP contribution in [-0.2, 0) is 10.0 Å². The number of sulfonamides is 1. The molecule has 0 fully saturated rings. The van der Waals surface area contributed by atoms with Gasteiger partial charge in [0, 0.05) is 0 Å². The predicted octanol–water partition coefficient (Wildman–Crippen LogP) is 0.282. The Bertz CT molecular complexity index is 236. The maximum atomic E-state index is 10.6. The molecule has 0 heterocycles. The van der Waals surface area contributed by atoms with Gasteiger partial charge in [-0.25, -0.2) is 13.1 Å². The lowest BCUT2D eigenvalue weighted by molar-refractivity contribution is 0.591. The van der Waals surface area contributed by atoms with E-state index in [2.05, 4.69) is 32.5 Å². The molecule has 1 N–H and O–H groups in total. The highest BCUT2D eigenvalue weighted by Gasteiger charge is 2.03. The van der Waals surface area contributed by atoms with Gasteiger partial charge in [-0.05, 0) is 6.92 Å². The summed E-state index contributed by atoms with van der Waals surface area (Å²) in [4.78, 5) is 0. The predicted molar refractivity (Wildman–Crippen MR) is 44.2 cm³/mol. The highest BCUT2D eigenvalue weighted by atomic mass is 79.9. The third-order valence-corrected chi connectivity index (χ3v) is 3.38. The SMILES string of the molecule is CC#CCNS(=O)(=O)CBr. The average molecular weight is 226 g/mol. The minimum Gasteiger partial charge on any atom is -0.212 e. The molecule has 10 heavy (non-hydrogen) atoms. The Hall–Kier alpha value is -0.0500. The van der Waals surface area contributed by atoms with E-state index in [1.165, 1.54) is 0 Å². The van der Waals surface area contributed by atoms with Gasteiger partial charge in [0.05, 0.1) is 6.54 Å². The Kier molecular flexibility index (Phi) is 4.69. The zero-order valence-corrected chi connectivity index (χ0v) is 7.92. The van der Waals surface area contributed by atoms with Crippen LogP contribution in [0.3, 0.4) is 0 Å². The summed E-state index contributed by atoms with van der Waals surface area (Å²) in [5, 5.41) is 0. The second-order valence-corrected chi connectivity index (χ2v) is 4.58. The van der Waals surface area contributed by atoms with Crippen molar-refractivity contribution in [1.82, 2.24) is 4.72 Å². The van der Waals surface area contributed by atoms with Crippen LogP contribution >= 0.6 is 15.9 Å². The van der Waals surface area contributed by atoms with Crippen molar-refractivity contribution in [3.05, 3.63) is 0 Å². The van der Waals surface area contributed by atoms with E-state index in [-0.39, 0.29) is 11.2 Å². The quantitative estimate of drug-likeness (QED) is 0.555. The Balaban J connectivity index is 3.77. The molecule has 5 heteroatoms. The van der Waals surface area contributed by atoms with E-state index in [0.29, 0.717) is 0 Å². The Labute approximate surface area is 69.4 Å². The van der Waals surface area contributed by atoms with E-state index >= 15 is 0 Å². The van der Waals surface area contributed by atoms with Crippen LogP contribution in [-0.4, -0.2) is 19.6 Å². The smallest absolute Gasteiger partial charge is 0.212 e. The van der Waals surface area contributed by atoms with Crippen molar-refractivity contribution < 1.29 is 8.42 Å². The molecular weight excluding hydrogens is 218 g/mol. The van der Waals surface area contributed by atoms with Crippen LogP contribution in [0.15, 0.2) is 0 Å². The highest BCUT2D eigenvalue weighted by Crippen LogP contribution is 1.88. The topological polar surface area (TPSA) is 46.2 Å². The lowest BCUT2D eigenvalue weighted by Crippen LogP contribution is -2.24. The Morgan fingerprint density at radius 1 is 1.60 bits per heavy atom. The van der Waals surface area contributed by atoms with Crippen LogP contribution in [0.1, 0.15) is 6.92 Å². The molecule has 0 amide bonds. The fourth-order valence-corrected chi connectivity index (χ4v) is 1.13. The zero-order valence-electron chi connectivity index (χ0n) is 5.52. The third kappa shape index (κ3) is 4.79. The fraction of sp³-hybridized carbons (Fsp3) is 0.600. The van der Waals surface area contributed by atoms with Crippen LogP contribution in [0, 0.1) is 11.8 Å². The van der Waals surface area contributed by atoms with Crippen molar-refractivity contribution in [3.63, 3.8) is 0 Å². The van der Waals surface area contributed by atoms with E-state index < -0.39 is 10.0 Å². The number of rotatable bonds is 3. The van der Waals surface area contributed by atoms with Crippen molar-refractivity contribution in [2.24, 2.45) is 0 Å². The molecule has 0 aliphatic rings. The second-order valence-electron chi connectivity index (χ2n) is 1.47. The molecule has 0 bridgehead atoms. The number of hydrogen-bond acceptors (Lipinski definition) is 2. The lowest BCUT2D eigenvalue weighted by Gasteiger charge is -1.95. The number of hydrogen-bond donors (Lipinski definition) is 1. The minimum atomic E-state index is -3.13. The molecule has 3 nitrogen and oxygen atoms in total. The standard InChI is InChI=1S/C5H8BrNO2S/c1-2-3-4-7-10(8,9)5-6/h7H,4-5H2,1H3. The molecular formula is C5H8BrNO2S. The fourth-order valence-electron chi connectivity index (χ4n) is 0.273.